The van der Waals surface area contributed by atoms with E-state index < -0.39 is 24.0 Å². The molecular formula is C15H17FO4. The van der Waals surface area contributed by atoms with E-state index in [0.717, 1.165) is 0 Å². The molecule has 4 nitrogen and oxygen atoms in total. The number of hydrogen-bond donors (Lipinski definition) is 0. The molecule has 1 rings (SSSR count). The van der Waals surface area contributed by atoms with Crippen LogP contribution in [0.1, 0.15) is 32.8 Å². The van der Waals surface area contributed by atoms with Crippen LogP contribution in [0.3, 0.4) is 0 Å². The average Bonchev–Trinajstić information content (AvgIpc) is 2.36. The third-order valence-corrected chi connectivity index (χ3v) is 2.50. The molecule has 0 radical (unpaired) electrons. The quantitative estimate of drug-likeness (QED) is 0.614. The zero-order valence-corrected chi connectivity index (χ0v) is 11.7. The minimum atomic E-state index is -1.13. The van der Waals surface area contributed by atoms with Crippen LogP contribution in [-0.4, -0.2) is 18.2 Å². The third-order valence-electron chi connectivity index (χ3n) is 2.50. The summed E-state index contributed by atoms with van der Waals surface area (Å²) < 4.78 is 23.5. The maximum atomic E-state index is 13.6. The molecule has 0 aromatic heterocycles. The van der Waals surface area contributed by atoms with Crippen molar-refractivity contribution < 1.29 is 23.5 Å². The Balaban J connectivity index is 3.08. The first kappa shape index (κ1) is 15.9. The van der Waals surface area contributed by atoms with Crippen LogP contribution >= 0.6 is 0 Å². The van der Waals surface area contributed by atoms with Gasteiger partial charge in [0.1, 0.15) is 5.82 Å². The second kappa shape index (κ2) is 7.43. The first-order chi connectivity index (χ1) is 9.43. The van der Waals surface area contributed by atoms with Crippen molar-refractivity contribution in [2.75, 3.05) is 0 Å². The van der Waals surface area contributed by atoms with Gasteiger partial charge in [-0.1, -0.05) is 25.1 Å². The number of halogens is 1. The highest BCUT2D eigenvalue weighted by molar-refractivity contribution is 5.69. The smallest absolute Gasteiger partial charge is 0.305 e. The summed E-state index contributed by atoms with van der Waals surface area (Å²) in [5.41, 5.74) is 0.842. The Morgan fingerprint density at radius 3 is 2.20 bits per heavy atom. The molecule has 0 fully saturated rings. The van der Waals surface area contributed by atoms with Crippen molar-refractivity contribution in [2.24, 2.45) is 0 Å². The van der Waals surface area contributed by atoms with E-state index in [1.807, 2.05) is 0 Å². The predicted octanol–water partition coefficient (Wildman–Crippen LogP) is 3.07. The van der Waals surface area contributed by atoms with E-state index in [1.165, 1.54) is 26.0 Å². The molecule has 1 aromatic rings. The third kappa shape index (κ3) is 4.84. The predicted molar refractivity (Wildman–Crippen MR) is 72.0 cm³/mol. The summed E-state index contributed by atoms with van der Waals surface area (Å²) in [6, 6.07) is 6.18. The Labute approximate surface area is 117 Å². The first-order valence-corrected chi connectivity index (χ1v) is 6.23. The van der Waals surface area contributed by atoms with E-state index in [9.17, 15) is 14.0 Å². The summed E-state index contributed by atoms with van der Waals surface area (Å²) >= 11 is 0. The molecule has 108 valence electrons. The lowest BCUT2D eigenvalue weighted by Gasteiger charge is -2.19. The number of ether oxygens (including phenoxy) is 2. The fourth-order valence-corrected chi connectivity index (χ4v) is 1.61. The van der Waals surface area contributed by atoms with Crippen molar-refractivity contribution in [2.45, 2.75) is 33.5 Å². The molecule has 0 N–H and O–H groups in total. The van der Waals surface area contributed by atoms with E-state index in [4.69, 9.17) is 9.47 Å². The second-order valence-corrected chi connectivity index (χ2v) is 4.15. The minimum absolute atomic E-state index is 0.341. The molecule has 0 heterocycles. The molecule has 0 atom stereocenters. The highest BCUT2D eigenvalue weighted by Crippen LogP contribution is 2.19. The van der Waals surface area contributed by atoms with Gasteiger partial charge in [0.05, 0.1) is 0 Å². The van der Waals surface area contributed by atoms with Crippen molar-refractivity contribution in [1.82, 2.24) is 0 Å². The van der Waals surface area contributed by atoms with Crippen LogP contribution in [0.5, 0.6) is 0 Å². The average molecular weight is 280 g/mol. The Morgan fingerprint density at radius 1 is 1.20 bits per heavy atom. The monoisotopic (exact) mass is 280 g/mol. The lowest BCUT2D eigenvalue weighted by atomic mass is 10.1. The van der Waals surface area contributed by atoms with Crippen molar-refractivity contribution in [3.8, 4) is 0 Å². The molecule has 0 aliphatic rings. The zero-order chi connectivity index (χ0) is 15.1. The fraction of sp³-hybridized carbons (Fsp3) is 0.333. The molecule has 0 unspecified atom stereocenters. The lowest BCUT2D eigenvalue weighted by Crippen LogP contribution is -2.24. The van der Waals surface area contributed by atoms with Crippen molar-refractivity contribution in [3.63, 3.8) is 0 Å². The maximum absolute atomic E-state index is 13.6. The summed E-state index contributed by atoms with van der Waals surface area (Å²) in [4.78, 5) is 22.1. The Hall–Kier alpha value is -2.17. The molecule has 0 bridgehead atoms. The van der Waals surface area contributed by atoms with Gasteiger partial charge in [0.2, 0.25) is 0 Å². The normalized spacial score (nSPS) is 11.3. The summed E-state index contributed by atoms with van der Waals surface area (Å²) in [5, 5.41) is 0. The molecule has 0 aliphatic carbocycles. The fourth-order valence-electron chi connectivity index (χ4n) is 1.61. The molecule has 20 heavy (non-hydrogen) atoms. The zero-order valence-electron chi connectivity index (χ0n) is 11.7. The van der Waals surface area contributed by atoms with Gasteiger partial charge in [0.25, 0.3) is 6.29 Å². The number of esters is 2. The van der Waals surface area contributed by atoms with Crippen LogP contribution in [0.15, 0.2) is 29.8 Å². The van der Waals surface area contributed by atoms with Gasteiger partial charge in [-0.05, 0) is 18.6 Å². The number of hydrogen-bond acceptors (Lipinski definition) is 4. The van der Waals surface area contributed by atoms with Gasteiger partial charge < -0.3 is 9.47 Å². The van der Waals surface area contributed by atoms with E-state index in [1.54, 1.807) is 25.1 Å². The van der Waals surface area contributed by atoms with Gasteiger partial charge in [-0.2, -0.15) is 0 Å². The van der Waals surface area contributed by atoms with Crippen LogP contribution in [0, 0.1) is 5.82 Å². The number of carbonyl (C=O) groups excluding carboxylic acids is 2. The molecule has 0 amide bonds. The Bertz CT molecular complexity index is 506. The van der Waals surface area contributed by atoms with Gasteiger partial charge in [-0.15, -0.1) is 0 Å². The number of rotatable bonds is 5. The van der Waals surface area contributed by atoms with Crippen molar-refractivity contribution in [3.05, 3.63) is 41.2 Å². The van der Waals surface area contributed by atoms with Gasteiger partial charge in [0.15, 0.2) is 0 Å². The number of carbonyl (C=O) groups is 2. The molecule has 5 heteroatoms. The molecular weight excluding hydrogens is 263 g/mol. The topological polar surface area (TPSA) is 52.6 Å². The van der Waals surface area contributed by atoms with Gasteiger partial charge >= 0.3 is 11.9 Å². The molecule has 0 saturated heterocycles. The van der Waals surface area contributed by atoms with Gasteiger partial charge in [0, 0.05) is 25.0 Å². The van der Waals surface area contributed by atoms with Gasteiger partial charge in [-0.3, -0.25) is 9.59 Å². The van der Waals surface area contributed by atoms with E-state index in [2.05, 4.69) is 0 Å². The van der Waals surface area contributed by atoms with Crippen molar-refractivity contribution in [1.29, 1.82) is 0 Å². The molecule has 0 spiro atoms. The standard InChI is InChI=1S/C15H17FO4/c1-4-12(9-13-7-5-6-8-14(13)16)15(19-10(2)17)20-11(3)18/h5-9,15H,4H2,1-3H3. The molecule has 0 saturated carbocycles. The van der Waals surface area contributed by atoms with Crippen LogP contribution in [0.4, 0.5) is 4.39 Å². The SMILES string of the molecule is CCC(=Cc1ccccc1F)C(OC(C)=O)OC(C)=O. The van der Waals surface area contributed by atoms with E-state index in [0.29, 0.717) is 17.6 Å². The largest absolute Gasteiger partial charge is 0.421 e. The summed E-state index contributed by atoms with van der Waals surface area (Å²) in [7, 11) is 0. The highest BCUT2D eigenvalue weighted by Gasteiger charge is 2.19. The van der Waals surface area contributed by atoms with Crippen LogP contribution in [0.2, 0.25) is 0 Å². The first-order valence-electron chi connectivity index (χ1n) is 6.23. The van der Waals surface area contributed by atoms with E-state index >= 15 is 0 Å². The summed E-state index contributed by atoms with van der Waals surface area (Å²) in [6.07, 6.45) is 0.834. The molecule has 0 aliphatic heterocycles. The van der Waals surface area contributed by atoms with Crippen LogP contribution in [0.25, 0.3) is 6.08 Å². The Morgan fingerprint density at radius 2 is 1.75 bits per heavy atom. The second-order valence-electron chi connectivity index (χ2n) is 4.15. The lowest BCUT2D eigenvalue weighted by molar-refractivity contribution is -0.178. The number of benzene rings is 1. The van der Waals surface area contributed by atoms with Gasteiger partial charge in [-0.25, -0.2) is 4.39 Å². The van der Waals surface area contributed by atoms with E-state index in [-0.39, 0.29) is 0 Å². The molecule has 1 aromatic carbocycles. The summed E-state index contributed by atoms with van der Waals surface area (Å²) in [5.74, 6) is -1.56. The van der Waals surface area contributed by atoms with Crippen LogP contribution in [-0.2, 0) is 19.1 Å². The summed E-state index contributed by atoms with van der Waals surface area (Å²) in [6.45, 7) is 4.23. The van der Waals surface area contributed by atoms with Crippen molar-refractivity contribution >= 4 is 18.0 Å². The van der Waals surface area contributed by atoms with Crippen LogP contribution < -0.4 is 0 Å². The Kier molecular flexibility index (Phi) is 5.90. The maximum Gasteiger partial charge on any atom is 0.305 e. The minimum Gasteiger partial charge on any atom is -0.421 e. The highest BCUT2D eigenvalue weighted by atomic mass is 19.1.